The monoisotopic (exact) mass is 472 g/mol. The van der Waals surface area contributed by atoms with Crippen LogP contribution >= 0.6 is 25.3 Å². The number of benzene rings is 1. The van der Waals surface area contributed by atoms with Crippen molar-refractivity contribution in [1.82, 2.24) is 9.80 Å². The maximum atomic E-state index is 12.6. The van der Waals surface area contributed by atoms with Gasteiger partial charge in [-0.25, -0.2) is 14.5 Å². The minimum absolute atomic E-state index is 0.0719. The Balaban J connectivity index is 2.00. The molecule has 4 unspecified atom stereocenters. The van der Waals surface area contributed by atoms with Crippen LogP contribution in [0, 0.1) is 10.1 Å². The standard InChI is InChI=1S/C18H24N4O7S2/c1-10(23)21(17(19)25)16(24)7-15(31)14-6-13(30)8-20(14)18(26)29-9-11-2-4-12(5-3-11)22(27)28/h2-5,10,13-15,23,30-31H,6-9H2,1H3,(H2,19,25). The number of nitrogens with zero attached hydrogens (tertiary/aromatic N) is 3. The Morgan fingerprint density at radius 2 is 2.00 bits per heavy atom. The van der Waals surface area contributed by atoms with Crippen LogP contribution in [0.2, 0.25) is 0 Å². The van der Waals surface area contributed by atoms with E-state index >= 15 is 0 Å². The smallest absolute Gasteiger partial charge is 0.410 e. The molecule has 1 aliphatic heterocycles. The van der Waals surface area contributed by atoms with Gasteiger partial charge < -0.3 is 20.5 Å². The summed E-state index contributed by atoms with van der Waals surface area (Å²) in [5, 5.41) is 19.5. The maximum absolute atomic E-state index is 12.6. The van der Waals surface area contributed by atoms with Crippen LogP contribution in [-0.2, 0) is 16.1 Å². The zero-order chi connectivity index (χ0) is 23.3. The lowest BCUT2D eigenvalue weighted by Crippen LogP contribution is -2.49. The lowest BCUT2D eigenvalue weighted by Gasteiger charge is -2.29. The zero-order valence-corrected chi connectivity index (χ0v) is 18.4. The van der Waals surface area contributed by atoms with Crippen molar-refractivity contribution in [3.05, 3.63) is 39.9 Å². The van der Waals surface area contributed by atoms with E-state index in [1.165, 1.54) is 36.1 Å². The number of amides is 4. The van der Waals surface area contributed by atoms with Crippen LogP contribution in [0.25, 0.3) is 0 Å². The number of likely N-dealkylation sites (tertiary alicyclic amines) is 1. The lowest BCUT2D eigenvalue weighted by molar-refractivity contribution is -0.384. The van der Waals surface area contributed by atoms with Gasteiger partial charge in [0.05, 0.1) is 4.92 Å². The number of non-ortho nitro benzene ring substituents is 1. The summed E-state index contributed by atoms with van der Waals surface area (Å²) in [5.74, 6) is -0.718. The van der Waals surface area contributed by atoms with Gasteiger partial charge in [-0.15, -0.1) is 0 Å². The van der Waals surface area contributed by atoms with Crippen LogP contribution < -0.4 is 5.73 Å². The highest BCUT2D eigenvalue weighted by Crippen LogP contribution is 2.29. The number of rotatable bonds is 7. The van der Waals surface area contributed by atoms with Crippen molar-refractivity contribution in [2.45, 2.75) is 49.1 Å². The lowest BCUT2D eigenvalue weighted by atomic mass is 10.1. The van der Waals surface area contributed by atoms with E-state index in [2.05, 4.69) is 25.3 Å². The number of nitrogens with two attached hydrogens (primary N) is 1. The first kappa shape index (κ1) is 24.8. The summed E-state index contributed by atoms with van der Waals surface area (Å²) in [5.41, 5.74) is 5.63. The molecular weight excluding hydrogens is 448 g/mol. The average Bonchev–Trinajstić information content (AvgIpc) is 3.07. The van der Waals surface area contributed by atoms with E-state index in [9.17, 15) is 29.6 Å². The summed E-state index contributed by atoms with van der Waals surface area (Å²) in [6.45, 7) is 1.41. The fraction of sp³-hybridized carbons (Fsp3) is 0.500. The van der Waals surface area contributed by atoms with Gasteiger partial charge in [-0.3, -0.25) is 14.9 Å². The van der Waals surface area contributed by atoms with Crippen molar-refractivity contribution in [3.8, 4) is 0 Å². The topological polar surface area (TPSA) is 156 Å². The van der Waals surface area contributed by atoms with Gasteiger partial charge in [0, 0.05) is 41.6 Å². The highest BCUT2D eigenvalue weighted by atomic mass is 32.1. The predicted octanol–water partition coefficient (Wildman–Crippen LogP) is 1.54. The molecule has 4 atom stereocenters. The fourth-order valence-electron chi connectivity index (χ4n) is 3.29. The number of primary amides is 1. The van der Waals surface area contributed by atoms with E-state index in [4.69, 9.17) is 10.5 Å². The van der Waals surface area contributed by atoms with Crippen LogP contribution in [0.15, 0.2) is 24.3 Å². The Bertz CT molecular complexity index is 837. The molecule has 13 heteroatoms. The predicted molar refractivity (Wildman–Crippen MR) is 117 cm³/mol. The number of ether oxygens (including phenoxy) is 1. The fourth-order valence-corrected chi connectivity index (χ4v) is 4.12. The minimum atomic E-state index is -1.39. The third-order valence-electron chi connectivity index (χ3n) is 4.77. The average molecular weight is 473 g/mol. The Morgan fingerprint density at radius 1 is 1.39 bits per heavy atom. The Hall–Kier alpha value is -2.51. The largest absolute Gasteiger partial charge is 0.445 e. The number of imide groups is 1. The molecule has 4 amide bonds. The summed E-state index contributed by atoms with van der Waals surface area (Å²) >= 11 is 8.84. The molecule has 1 fully saturated rings. The van der Waals surface area contributed by atoms with Gasteiger partial charge >= 0.3 is 12.1 Å². The number of aliphatic hydroxyl groups excluding tert-OH is 1. The molecule has 2 rings (SSSR count). The number of nitro groups is 1. The van der Waals surface area contributed by atoms with Crippen LogP contribution in [0.4, 0.5) is 15.3 Å². The number of hydrogen-bond acceptors (Lipinski definition) is 9. The molecule has 0 bridgehead atoms. The van der Waals surface area contributed by atoms with Gasteiger partial charge in [0.2, 0.25) is 5.91 Å². The van der Waals surface area contributed by atoms with E-state index in [1.54, 1.807) is 0 Å². The second-order valence-corrected chi connectivity index (χ2v) is 8.49. The molecule has 170 valence electrons. The molecule has 0 aromatic heterocycles. The summed E-state index contributed by atoms with van der Waals surface area (Å²) in [6, 6.07) is 4.02. The normalized spacial score (nSPS) is 20.1. The van der Waals surface area contributed by atoms with E-state index in [-0.39, 0.29) is 30.5 Å². The number of carbonyl (C=O) groups excluding carboxylic acids is 3. The summed E-state index contributed by atoms with van der Waals surface area (Å²) in [4.78, 5) is 48.5. The summed E-state index contributed by atoms with van der Waals surface area (Å²) in [6.07, 6.45) is -1.83. The number of hydrogen-bond donors (Lipinski definition) is 4. The molecule has 0 saturated carbocycles. The highest BCUT2D eigenvalue weighted by molar-refractivity contribution is 7.81. The van der Waals surface area contributed by atoms with Gasteiger partial charge in [-0.1, -0.05) is 0 Å². The van der Waals surface area contributed by atoms with E-state index < -0.39 is 40.5 Å². The van der Waals surface area contributed by atoms with E-state index in [0.29, 0.717) is 16.9 Å². The molecule has 1 heterocycles. The van der Waals surface area contributed by atoms with Crippen molar-refractivity contribution in [2.24, 2.45) is 5.73 Å². The molecular formula is C18H24N4O7S2. The summed E-state index contributed by atoms with van der Waals surface area (Å²) in [7, 11) is 0. The second-order valence-electron chi connectivity index (χ2n) is 7.09. The Kier molecular flexibility index (Phi) is 8.53. The number of urea groups is 1. The summed E-state index contributed by atoms with van der Waals surface area (Å²) < 4.78 is 5.31. The van der Waals surface area contributed by atoms with Crippen molar-refractivity contribution < 1.29 is 29.2 Å². The molecule has 0 spiro atoms. The molecule has 3 N–H and O–H groups in total. The highest BCUT2D eigenvalue weighted by Gasteiger charge is 2.40. The molecule has 1 aromatic rings. The Labute approximate surface area is 189 Å². The third kappa shape index (κ3) is 6.48. The quantitative estimate of drug-likeness (QED) is 0.203. The van der Waals surface area contributed by atoms with Gasteiger partial charge in [0.25, 0.3) is 5.69 Å². The SMILES string of the molecule is CC(O)N(C(N)=O)C(=O)CC(S)C1CC(S)CN1C(=O)OCc1ccc([N+](=O)[O-])cc1. The second kappa shape index (κ2) is 10.7. The molecule has 31 heavy (non-hydrogen) atoms. The van der Waals surface area contributed by atoms with Crippen LogP contribution in [0.1, 0.15) is 25.3 Å². The van der Waals surface area contributed by atoms with Crippen LogP contribution in [0.5, 0.6) is 0 Å². The maximum Gasteiger partial charge on any atom is 0.410 e. The van der Waals surface area contributed by atoms with Crippen molar-refractivity contribution in [1.29, 1.82) is 0 Å². The number of nitro benzene ring substituents is 1. The molecule has 1 aliphatic rings. The first-order valence-corrected chi connectivity index (χ1v) is 10.4. The van der Waals surface area contributed by atoms with Crippen LogP contribution in [0.3, 0.4) is 0 Å². The first-order chi connectivity index (χ1) is 14.5. The van der Waals surface area contributed by atoms with Crippen LogP contribution in [-0.4, -0.2) is 67.2 Å². The van der Waals surface area contributed by atoms with E-state index in [1.807, 2.05) is 0 Å². The number of aliphatic hydroxyl groups is 1. The number of thiol groups is 2. The number of carbonyl (C=O) groups is 3. The molecule has 0 aliphatic carbocycles. The third-order valence-corrected chi connectivity index (χ3v) is 5.67. The van der Waals surface area contributed by atoms with Gasteiger partial charge in [-0.2, -0.15) is 25.3 Å². The zero-order valence-electron chi connectivity index (χ0n) is 16.7. The molecule has 11 nitrogen and oxygen atoms in total. The van der Waals surface area contributed by atoms with Gasteiger partial charge in [-0.05, 0) is 31.0 Å². The first-order valence-electron chi connectivity index (χ1n) is 9.33. The van der Waals surface area contributed by atoms with E-state index in [0.717, 1.165) is 0 Å². The van der Waals surface area contributed by atoms with Gasteiger partial charge in [0.15, 0.2) is 0 Å². The van der Waals surface area contributed by atoms with Crippen molar-refractivity contribution >= 4 is 49.0 Å². The molecule has 0 radical (unpaired) electrons. The molecule has 1 aromatic carbocycles. The van der Waals surface area contributed by atoms with Gasteiger partial charge in [0.1, 0.15) is 12.8 Å². The Morgan fingerprint density at radius 3 is 2.52 bits per heavy atom. The molecule has 1 saturated heterocycles. The van der Waals surface area contributed by atoms with Crippen molar-refractivity contribution in [2.75, 3.05) is 6.54 Å². The van der Waals surface area contributed by atoms with Crippen molar-refractivity contribution in [3.63, 3.8) is 0 Å². The minimum Gasteiger partial charge on any atom is -0.445 e.